The maximum absolute atomic E-state index is 9.10. The van der Waals surface area contributed by atoms with Gasteiger partial charge in [0.25, 0.3) is 0 Å². The van der Waals surface area contributed by atoms with Gasteiger partial charge in [0.2, 0.25) is 0 Å². The largest absolute Gasteiger partial charge is 0.396 e. The van der Waals surface area contributed by atoms with E-state index in [1.54, 1.807) is 7.05 Å². The van der Waals surface area contributed by atoms with E-state index in [-0.39, 0.29) is 12.0 Å². The van der Waals surface area contributed by atoms with Gasteiger partial charge in [-0.05, 0) is 12.8 Å². The second-order valence-electron chi connectivity index (χ2n) is 3.47. The molecular weight excluding hydrogens is 154 g/mol. The van der Waals surface area contributed by atoms with Crippen molar-refractivity contribution in [2.75, 3.05) is 20.2 Å². The fourth-order valence-electron chi connectivity index (χ4n) is 1.42. The normalized spacial score (nSPS) is 21.7. The summed E-state index contributed by atoms with van der Waals surface area (Å²) in [6.07, 6.45) is 3.40. The number of nitrogens with two attached hydrogens (primary N) is 1. The molecule has 1 saturated carbocycles. The number of nitrogens with zero attached hydrogens (tertiary/aromatic N) is 1. The Balaban J connectivity index is 2.29. The van der Waals surface area contributed by atoms with Gasteiger partial charge in [-0.25, -0.2) is 0 Å². The lowest BCUT2D eigenvalue weighted by atomic mass is 9.69. The van der Waals surface area contributed by atoms with Crippen LogP contribution in [0.25, 0.3) is 0 Å². The van der Waals surface area contributed by atoms with E-state index in [4.69, 9.17) is 10.8 Å². The molecule has 12 heavy (non-hydrogen) atoms. The van der Waals surface area contributed by atoms with Gasteiger partial charge in [0, 0.05) is 19.0 Å². The number of aliphatic imine (C=N–C) groups is 1. The van der Waals surface area contributed by atoms with E-state index < -0.39 is 0 Å². The molecule has 0 amide bonds. The lowest BCUT2D eigenvalue weighted by Gasteiger charge is -2.40. The SMILES string of the molecule is CN=C(N)NCC1(CO)CCC1. The monoisotopic (exact) mass is 171 g/mol. The van der Waals surface area contributed by atoms with Gasteiger partial charge in [-0.15, -0.1) is 0 Å². The first-order valence-electron chi connectivity index (χ1n) is 4.29. The summed E-state index contributed by atoms with van der Waals surface area (Å²) in [5.41, 5.74) is 5.55. The van der Waals surface area contributed by atoms with Gasteiger partial charge in [-0.1, -0.05) is 6.42 Å². The molecule has 0 unspecified atom stereocenters. The molecule has 0 saturated heterocycles. The highest BCUT2D eigenvalue weighted by Gasteiger charge is 2.36. The Hall–Kier alpha value is -0.770. The number of guanidine groups is 1. The predicted molar refractivity (Wildman–Crippen MR) is 48.9 cm³/mol. The molecule has 0 spiro atoms. The summed E-state index contributed by atoms with van der Waals surface area (Å²) < 4.78 is 0. The van der Waals surface area contributed by atoms with Crippen molar-refractivity contribution in [2.45, 2.75) is 19.3 Å². The molecule has 0 radical (unpaired) electrons. The minimum Gasteiger partial charge on any atom is -0.396 e. The van der Waals surface area contributed by atoms with Crippen LogP contribution in [-0.2, 0) is 0 Å². The Morgan fingerprint density at radius 3 is 2.67 bits per heavy atom. The van der Waals surface area contributed by atoms with Crippen molar-refractivity contribution in [3.8, 4) is 0 Å². The molecule has 0 bridgehead atoms. The molecule has 70 valence electrons. The molecule has 1 aliphatic rings. The van der Waals surface area contributed by atoms with Gasteiger partial charge in [0.15, 0.2) is 5.96 Å². The van der Waals surface area contributed by atoms with Crippen LogP contribution in [-0.4, -0.2) is 31.3 Å². The Labute approximate surface area is 72.9 Å². The van der Waals surface area contributed by atoms with E-state index >= 15 is 0 Å². The van der Waals surface area contributed by atoms with E-state index in [1.165, 1.54) is 6.42 Å². The average molecular weight is 171 g/mol. The van der Waals surface area contributed by atoms with Crippen molar-refractivity contribution in [3.63, 3.8) is 0 Å². The first-order chi connectivity index (χ1) is 5.72. The summed E-state index contributed by atoms with van der Waals surface area (Å²) in [6, 6.07) is 0. The highest BCUT2D eigenvalue weighted by molar-refractivity contribution is 5.77. The highest BCUT2D eigenvalue weighted by Crippen LogP contribution is 2.39. The van der Waals surface area contributed by atoms with Crippen LogP contribution in [0.3, 0.4) is 0 Å². The maximum Gasteiger partial charge on any atom is 0.188 e. The minimum absolute atomic E-state index is 0.0787. The first-order valence-corrected chi connectivity index (χ1v) is 4.29. The van der Waals surface area contributed by atoms with Gasteiger partial charge >= 0.3 is 0 Å². The molecule has 1 rings (SSSR count). The summed E-state index contributed by atoms with van der Waals surface area (Å²) >= 11 is 0. The number of rotatable bonds is 3. The number of hydrogen-bond acceptors (Lipinski definition) is 2. The molecule has 4 N–H and O–H groups in total. The van der Waals surface area contributed by atoms with Crippen LogP contribution in [0.1, 0.15) is 19.3 Å². The molecule has 0 aromatic rings. The fourth-order valence-corrected chi connectivity index (χ4v) is 1.42. The Morgan fingerprint density at radius 1 is 1.67 bits per heavy atom. The van der Waals surface area contributed by atoms with Crippen LogP contribution < -0.4 is 11.1 Å². The van der Waals surface area contributed by atoms with Crippen molar-refractivity contribution in [1.29, 1.82) is 0 Å². The van der Waals surface area contributed by atoms with E-state index in [0.717, 1.165) is 19.4 Å². The molecule has 4 nitrogen and oxygen atoms in total. The van der Waals surface area contributed by atoms with Crippen molar-refractivity contribution >= 4 is 5.96 Å². The molecule has 1 fully saturated rings. The standard InChI is InChI=1S/C8H17N3O/c1-10-7(9)11-5-8(6-12)3-2-4-8/h12H,2-6H2,1H3,(H3,9,10,11). The van der Waals surface area contributed by atoms with Crippen LogP contribution in [0.5, 0.6) is 0 Å². The first kappa shape index (κ1) is 9.32. The number of aliphatic hydroxyl groups excluding tert-OH is 1. The molecule has 0 heterocycles. The molecule has 1 aliphatic carbocycles. The zero-order chi connectivity index (χ0) is 9.03. The number of hydrogen-bond donors (Lipinski definition) is 3. The van der Waals surface area contributed by atoms with Crippen molar-refractivity contribution < 1.29 is 5.11 Å². The van der Waals surface area contributed by atoms with Gasteiger partial charge in [0.05, 0.1) is 6.61 Å². The van der Waals surface area contributed by atoms with E-state index in [9.17, 15) is 0 Å². The van der Waals surface area contributed by atoms with Crippen molar-refractivity contribution in [1.82, 2.24) is 5.32 Å². The molecular formula is C8H17N3O. The highest BCUT2D eigenvalue weighted by atomic mass is 16.3. The fraction of sp³-hybridized carbons (Fsp3) is 0.875. The summed E-state index contributed by atoms with van der Waals surface area (Å²) in [4.78, 5) is 3.79. The maximum atomic E-state index is 9.10. The van der Waals surface area contributed by atoms with Crippen molar-refractivity contribution in [2.24, 2.45) is 16.1 Å². The van der Waals surface area contributed by atoms with Crippen LogP contribution >= 0.6 is 0 Å². The smallest absolute Gasteiger partial charge is 0.188 e. The van der Waals surface area contributed by atoms with E-state index in [1.807, 2.05) is 0 Å². The average Bonchev–Trinajstić information content (AvgIpc) is 2.03. The zero-order valence-electron chi connectivity index (χ0n) is 7.51. The third-order valence-corrected chi connectivity index (χ3v) is 2.64. The Kier molecular flexibility index (Phi) is 2.92. The third-order valence-electron chi connectivity index (χ3n) is 2.64. The van der Waals surface area contributed by atoms with Crippen molar-refractivity contribution in [3.05, 3.63) is 0 Å². The Bertz CT molecular complexity index is 170. The van der Waals surface area contributed by atoms with E-state index in [0.29, 0.717) is 5.96 Å². The molecule has 0 aliphatic heterocycles. The van der Waals surface area contributed by atoms with Crippen LogP contribution in [0.15, 0.2) is 4.99 Å². The molecule has 0 aromatic carbocycles. The lowest BCUT2D eigenvalue weighted by molar-refractivity contribution is 0.0491. The predicted octanol–water partition coefficient (Wildman–Crippen LogP) is -0.317. The second kappa shape index (κ2) is 3.76. The molecule has 0 aromatic heterocycles. The summed E-state index contributed by atoms with van der Waals surface area (Å²) in [5.74, 6) is 0.453. The van der Waals surface area contributed by atoms with Gasteiger partial charge in [0.1, 0.15) is 0 Å². The second-order valence-corrected chi connectivity index (χ2v) is 3.47. The minimum atomic E-state index is 0.0787. The number of aliphatic hydroxyl groups is 1. The van der Waals surface area contributed by atoms with Gasteiger partial charge in [-0.2, -0.15) is 0 Å². The van der Waals surface area contributed by atoms with Crippen LogP contribution in [0.4, 0.5) is 0 Å². The molecule has 4 heteroatoms. The summed E-state index contributed by atoms with van der Waals surface area (Å²) in [7, 11) is 1.65. The quantitative estimate of drug-likeness (QED) is 0.403. The zero-order valence-corrected chi connectivity index (χ0v) is 7.51. The van der Waals surface area contributed by atoms with Gasteiger partial charge in [-0.3, -0.25) is 4.99 Å². The summed E-state index contributed by atoms with van der Waals surface area (Å²) in [5, 5.41) is 12.1. The summed E-state index contributed by atoms with van der Waals surface area (Å²) in [6.45, 7) is 0.990. The topological polar surface area (TPSA) is 70.6 Å². The van der Waals surface area contributed by atoms with Gasteiger partial charge < -0.3 is 16.2 Å². The van der Waals surface area contributed by atoms with Crippen LogP contribution in [0, 0.1) is 5.41 Å². The number of nitrogens with one attached hydrogen (secondary N) is 1. The Morgan fingerprint density at radius 2 is 2.33 bits per heavy atom. The third kappa shape index (κ3) is 1.88. The molecule has 0 atom stereocenters. The van der Waals surface area contributed by atoms with E-state index in [2.05, 4.69) is 10.3 Å². The lowest BCUT2D eigenvalue weighted by Crippen LogP contribution is -2.46. The van der Waals surface area contributed by atoms with Crippen LogP contribution in [0.2, 0.25) is 0 Å².